The fourth-order valence-corrected chi connectivity index (χ4v) is 2.36. The van der Waals surface area contributed by atoms with Crippen LogP contribution in [0.3, 0.4) is 0 Å². The van der Waals surface area contributed by atoms with Gasteiger partial charge in [0, 0.05) is 11.5 Å². The molecular formula is C16H13N3O2. The van der Waals surface area contributed by atoms with E-state index < -0.39 is 0 Å². The molecule has 0 amide bonds. The Morgan fingerprint density at radius 2 is 2.05 bits per heavy atom. The molecule has 0 aliphatic rings. The van der Waals surface area contributed by atoms with Crippen molar-refractivity contribution < 1.29 is 9.15 Å². The van der Waals surface area contributed by atoms with Crippen LogP contribution in [-0.4, -0.2) is 21.7 Å². The zero-order valence-corrected chi connectivity index (χ0v) is 11.7. The van der Waals surface area contributed by atoms with Crippen LogP contribution in [0, 0.1) is 6.92 Å². The summed E-state index contributed by atoms with van der Waals surface area (Å²) in [4.78, 5) is 4.54. The van der Waals surface area contributed by atoms with Crippen molar-refractivity contribution >= 4 is 16.6 Å². The lowest BCUT2D eigenvalue weighted by molar-refractivity contribution is 0.414. The molecule has 104 valence electrons. The molecule has 3 heterocycles. The van der Waals surface area contributed by atoms with E-state index >= 15 is 0 Å². The van der Waals surface area contributed by atoms with Crippen molar-refractivity contribution in [1.29, 1.82) is 0 Å². The van der Waals surface area contributed by atoms with Gasteiger partial charge in [-0.3, -0.25) is 0 Å². The Labute approximate surface area is 120 Å². The van der Waals surface area contributed by atoms with Crippen LogP contribution in [0.4, 0.5) is 0 Å². The van der Waals surface area contributed by atoms with Gasteiger partial charge in [-0.05, 0) is 37.3 Å². The number of ether oxygens (including phenoxy) is 1. The van der Waals surface area contributed by atoms with E-state index in [1.54, 1.807) is 11.6 Å². The Morgan fingerprint density at radius 1 is 1.14 bits per heavy atom. The number of benzene rings is 1. The van der Waals surface area contributed by atoms with E-state index in [9.17, 15) is 0 Å². The van der Waals surface area contributed by atoms with Crippen molar-refractivity contribution in [2.75, 3.05) is 7.11 Å². The van der Waals surface area contributed by atoms with Crippen LogP contribution in [0.2, 0.25) is 0 Å². The molecule has 21 heavy (non-hydrogen) atoms. The molecule has 0 spiro atoms. The molecule has 1 aromatic carbocycles. The van der Waals surface area contributed by atoms with Gasteiger partial charge in [0.15, 0.2) is 11.4 Å². The van der Waals surface area contributed by atoms with Gasteiger partial charge in [-0.2, -0.15) is 5.10 Å². The van der Waals surface area contributed by atoms with Gasteiger partial charge in [-0.1, -0.05) is 0 Å². The molecule has 0 unspecified atom stereocenters. The smallest absolute Gasteiger partial charge is 0.155 e. The Bertz CT molecular complexity index is 953. The van der Waals surface area contributed by atoms with E-state index in [4.69, 9.17) is 9.15 Å². The maximum Gasteiger partial charge on any atom is 0.155 e. The second-order valence-electron chi connectivity index (χ2n) is 4.92. The van der Waals surface area contributed by atoms with E-state index in [1.165, 1.54) is 0 Å². The summed E-state index contributed by atoms with van der Waals surface area (Å²) in [5.74, 6) is 1.50. The number of furan rings is 1. The monoisotopic (exact) mass is 279 g/mol. The van der Waals surface area contributed by atoms with Crippen LogP contribution in [0.25, 0.3) is 28.1 Å². The zero-order valence-electron chi connectivity index (χ0n) is 11.7. The molecule has 0 bridgehead atoms. The minimum absolute atomic E-state index is 0.724. The maximum absolute atomic E-state index is 5.87. The molecule has 0 N–H and O–H groups in total. The standard InChI is InChI=1S/C16H13N3O2/c1-10-3-6-16-17-13(9-19(16)18-10)15-7-11-4-5-12(20-2)8-14(11)21-15/h3-9H,1-2H3. The van der Waals surface area contributed by atoms with Crippen molar-refractivity contribution in [3.63, 3.8) is 0 Å². The number of rotatable bonds is 2. The van der Waals surface area contributed by atoms with E-state index in [-0.39, 0.29) is 0 Å². The third-order valence-electron chi connectivity index (χ3n) is 3.43. The van der Waals surface area contributed by atoms with Crippen molar-refractivity contribution in [2.24, 2.45) is 0 Å². The van der Waals surface area contributed by atoms with Crippen LogP contribution in [0.5, 0.6) is 5.75 Å². The summed E-state index contributed by atoms with van der Waals surface area (Å²) in [5, 5.41) is 5.42. The van der Waals surface area contributed by atoms with Crippen molar-refractivity contribution in [1.82, 2.24) is 14.6 Å². The lowest BCUT2D eigenvalue weighted by Gasteiger charge is -1.96. The number of fused-ring (bicyclic) bond motifs is 2. The number of methoxy groups -OCH3 is 1. The number of hydrogen-bond acceptors (Lipinski definition) is 4. The van der Waals surface area contributed by atoms with Crippen molar-refractivity contribution in [3.05, 3.63) is 48.3 Å². The zero-order chi connectivity index (χ0) is 14.4. The minimum Gasteiger partial charge on any atom is -0.497 e. The molecule has 4 rings (SSSR count). The highest BCUT2D eigenvalue weighted by Gasteiger charge is 2.11. The topological polar surface area (TPSA) is 52.6 Å². The van der Waals surface area contributed by atoms with Crippen molar-refractivity contribution in [3.8, 4) is 17.2 Å². The fourth-order valence-electron chi connectivity index (χ4n) is 2.36. The molecule has 5 heteroatoms. The van der Waals surface area contributed by atoms with Crippen LogP contribution >= 0.6 is 0 Å². The fraction of sp³-hybridized carbons (Fsp3) is 0.125. The molecule has 0 saturated heterocycles. The molecule has 0 fully saturated rings. The van der Waals surface area contributed by atoms with Gasteiger partial charge in [-0.15, -0.1) is 0 Å². The molecule has 0 radical (unpaired) electrons. The average molecular weight is 279 g/mol. The summed E-state index contributed by atoms with van der Waals surface area (Å²) < 4.78 is 12.8. The highest BCUT2D eigenvalue weighted by atomic mass is 16.5. The van der Waals surface area contributed by atoms with Gasteiger partial charge in [0.1, 0.15) is 17.0 Å². The summed E-state index contributed by atoms with van der Waals surface area (Å²) in [7, 11) is 1.64. The highest BCUT2D eigenvalue weighted by molar-refractivity contribution is 5.83. The van der Waals surface area contributed by atoms with Gasteiger partial charge in [-0.25, -0.2) is 9.50 Å². The van der Waals surface area contributed by atoms with Gasteiger partial charge < -0.3 is 9.15 Å². The maximum atomic E-state index is 5.87. The lowest BCUT2D eigenvalue weighted by Crippen LogP contribution is -1.91. The lowest BCUT2D eigenvalue weighted by atomic mass is 10.2. The second-order valence-corrected chi connectivity index (χ2v) is 4.92. The van der Waals surface area contributed by atoms with Crippen LogP contribution in [0.1, 0.15) is 5.69 Å². The van der Waals surface area contributed by atoms with Gasteiger partial charge in [0.25, 0.3) is 0 Å². The number of imidazole rings is 1. The Morgan fingerprint density at radius 3 is 2.90 bits per heavy atom. The molecule has 0 aliphatic heterocycles. The summed E-state index contributed by atoms with van der Waals surface area (Å²) in [5.41, 5.74) is 3.29. The normalized spacial score (nSPS) is 11.3. The van der Waals surface area contributed by atoms with Crippen LogP contribution in [-0.2, 0) is 0 Å². The van der Waals surface area contributed by atoms with Crippen LogP contribution < -0.4 is 4.74 Å². The molecule has 4 aromatic rings. The van der Waals surface area contributed by atoms with E-state index in [0.717, 1.165) is 39.5 Å². The van der Waals surface area contributed by atoms with Crippen molar-refractivity contribution in [2.45, 2.75) is 6.92 Å². The largest absolute Gasteiger partial charge is 0.497 e. The third-order valence-corrected chi connectivity index (χ3v) is 3.43. The molecule has 3 aromatic heterocycles. The second kappa shape index (κ2) is 4.34. The Balaban J connectivity index is 1.87. The predicted molar refractivity (Wildman–Crippen MR) is 79.5 cm³/mol. The first-order valence-corrected chi connectivity index (χ1v) is 6.64. The van der Waals surface area contributed by atoms with E-state index in [0.29, 0.717) is 0 Å². The van der Waals surface area contributed by atoms with Gasteiger partial charge in [0.2, 0.25) is 0 Å². The van der Waals surface area contributed by atoms with Gasteiger partial charge in [0.05, 0.1) is 19.0 Å². The SMILES string of the molecule is COc1ccc2cc(-c3cn4nc(C)ccc4n3)oc2c1. The molecule has 5 nitrogen and oxygen atoms in total. The number of hydrogen-bond donors (Lipinski definition) is 0. The summed E-state index contributed by atoms with van der Waals surface area (Å²) in [6.07, 6.45) is 1.87. The average Bonchev–Trinajstić information content (AvgIpc) is 3.08. The first kappa shape index (κ1) is 12.0. The predicted octanol–water partition coefficient (Wildman–Crippen LogP) is 3.46. The van der Waals surface area contributed by atoms with Crippen LogP contribution in [0.15, 0.2) is 47.0 Å². The Hall–Kier alpha value is -2.82. The number of nitrogens with zero attached hydrogens (tertiary/aromatic N) is 3. The first-order valence-electron chi connectivity index (χ1n) is 6.64. The highest BCUT2D eigenvalue weighted by Crippen LogP contribution is 2.29. The quantitative estimate of drug-likeness (QED) is 0.564. The molecular weight excluding hydrogens is 266 g/mol. The summed E-state index contributed by atoms with van der Waals surface area (Å²) in [6.45, 7) is 1.95. The molecule has 0 atom stereocenters. The summed E-state index contributed by atoms with van der Waals surface area (Å²) in [6, 6.07) is 11.6. The number of aryl methyl sites for hydroxylation is 1. The van der Waals surface area contributed by atoms with E-state index in [1.807, 2.05) is 49.5 Å². The third kappa shape index (κ3) is 1.94. The first-order chi connectivity index (χ1) is 10.2. The number of aromatic nitrogens is 3. The molecule has 0 saturated carbocycles. The van der Waals surface area contributed by atoms with E-state index in [2.05, 4.69) is 10.1 Å². The molecule has 0 aliphatic carbocycles. The Kier molecular flexibility index (Phi) is 2.47. The minimum atomic E-state index is 0.724. The summed E-state index contributed by atoms with van der Waals surface area (Å²) >= 11 is 0. The van der Waals surface area contributed by atoms with Gasteiger partial charge >= 0.3 is 0 Å².